The Morgan fingerprint density at radius 3 is 2.56 bits per heavy atom. The van der Waals surface area contributed by atoms with Crippen LogP contribution >= 0.6 is 15.9 Å². The van der Waals surface area contributed by atoms with Gasteiger partial charge in [0.25, 0.3) is 0 Å². The van der Waals surface area contributed by atoms with Crippen molar-refractivity contribution >= 4 is 39.4 Å². The SMILES string of the molecule is CCOC(=O)[C@H]1[C@@H]2O[C@@]3(CC2Br)[C@@H]1C(=O)N([C@@H](CO)C(C)C)[C@@H]3C(=O)Nc1ccc(OC)cc1. The van der Waals surface area contributed by atoms with Crippen LogP contribution in [0.3, 0.4) is 0 Å². The molecule has 9 nitrogen and oxygen atoms in total. The predicted molar refractivity (Wildman–Crippen MR) is 127 cm³/mol. The van der Waals surface area contributed by atoms with Crippen molar-refractivity contribution in [3.8, 4) is 5.75 Å². The van der Waals surface area contributed by atoms with Gasteiger partial charge in [-0.1, -0.05) is 29.8 Å². The largest absolute Gasteiger partial charge is 0.497 e. The molecule has 1 aromatic rings. The molecule has 34 heavy (non-hydrogen) atoms. The molecule has 3 aliphatic heterocycles. The van der Waals surface area contributed by atoms with Crippen LogP contribution in [0.2, 0.25) is 0 Å². The zero-order valence-electron chi connectivity index (χ0n) is 19.7. The summed E-state index contributed by atoms with van der Waals surface area (Å²) in [6.07, 6.45) is -0.185. The van der Waals surface area contributed by atoms with Crippen LogP contribution in [0.15, 0.2) is 24.3 Å². The number of nitrogens with one attached hydrogen (secondary N) is 1. The topological polar surface area (TPSA) is 114 Å². The van der Waals surface area contributed by atoms with E-state index < -0.39 is 47.5 Å². The Morgan fingerprint density at radius 2 is 2.00 bits per heavy atom. The second kappa shape index (κ2) is 9.47. The summed E-state index contributed by atoms with van der Waals surface area (Å²) in [5, 5.41) is 13.1. The molecule has 4 rings (SSSR count). The molecule has 3 saturated heterocycles. The third-order valence-electron chi connectivity index (χ3n) is 7.21. The van der Waals surface area contributed by atoms with Crippen LogP contribution < -0.4 is 10.1 Å². The van der Waals surface area contributed by atoms with Gasteiger partial charge in [-0.05, 0) is 43.5 Å². The van der Waals surface area contributed by atoms with Crippen molar-refractivity contribution in [1.82, 2.24) is 4.90 Å². The van der Waals surface area contributed by atoms with Crippen LogP contribution in [0.25, 0.3) is 0 Å². The summed E-state index contributed by atoms with van der Waals surface area (Å²) in [6.45, 7) is 5.34. The number of aliphatic hydroxyl groups is 1. The Morgan fingerprint density at radius 1 is 1.32 bits per heavy atom. The van der Waals surface area contributed by atoms with Crippen LogP contribution in [0.5, 0.6) is 5.75 Å². The summed E-state index contributed by atoms with van der Waals surface area (Å²) in [5.74, 6) is -2.45. The van der Waals surface area contributed by atoms with Gasteiger partial charge in [-0.3, -0.25) is 14.4 Å². The molecule has 2 bridgehead atoms. The highest BCUT2D eigenvalue weighted by molar-refractivity contribution is 9.09. The lowest BCUT2D eigenvalue weighted by molar-refractivity contribution is -0.155. The molecule has 1 aromatic carbocycles. The van der Waals surface area contributed by atoms with Crippen molar-refractivity contribution in [2.45, 2.75) is 55.8 Å². The van der Waals surface area contributed by atoms with Gasteiger partial charge < -0.3 is 29.5 Å². The van der Waals surface area contributed by atoms with Crippen molar-refractivity contribution in [2.75, 3.05) is 25.6 Å². The molecular weight excluding hydrogens is 508 g/mol. The van der Waals surface area contributed by atoms with E-state index in [9.17, 15) is 19.5 Å². The third kappa shape index (κ3) is 3.79. The lowest BCUT2D eigenvalue weighted by Crippen LogP contribution is -2.57. The molecule has 1 unspecified atom stereocenters. The van der Waals surface area contributed by atoms with Crippen LogP contribution in [0.4, 0.5) is 5.69 Å². The van der Waals surface area contributed by atoms with E-state index in [1.54, 1.807) is 38.3 Å². The van der Waals surface area contributed by atoms with Crippen LogP contribution in [0.1, 0.15) is 27.2 Å². The normalized spacial score (nSPS) is 32.6. The Bertz CT molecular complexity index is 955. The van der Waals surface area contributed by atoms with E-state index >= 15 is 0 Å². The Balaban J connectivity index is 1.75. The van der Waals surface area contributed by atoms with E-state index in [0.717, 1.165) is 0 Å². The summed E-state index contributed by atoms with van der Waals surface area (Å²) in [7, 11) is 1.56. The van der Waals surface area contributed by atoms with Gasteiger partial charge in [0.05, 0.1) is 44.3 Å². The summed E-state index contributed by atoms with van der Waals surface area (Å²) in [4.78, 5) is 41.8. The number of anilines is 1. The summed E-state index contributed by atoms with van der Waals surface area (Å²) in [6, 6.07) is 5.24. The summed E-state index contributed by atoms with van der Waals surface area (Å²) in [5.41, 5.74) is -0.667. The number of ether oxygens (including phenoxy) is 3. The minimum absolute atomic E-state index is 0.126. The van der Waals surface area contributed by atoms with Gasteiger partial charge in [-0.2, -0.15) is 0 Å². The first kappa shape index (κ1) is 24.9. The van der Waals surface area contributed by atoms with Gasteiger partial charge in [0.2, 0.25) is 11.8 Å². The number of nitrogens with zero attached hydrogens (tertiary/aromatic N) is 1. The molecule has 1 spiro atoms. The smallest absolute Gasteiger partial charge is 0.312 e. The number of fused-ring (bicyclic) bond motifs is 1. The molecule has 3 fully saturated rings. The molecule has 0 aliphatic carbocycles. The number of halogens is 1. The van der Waals surface area contributed by atoms with Gasteiger partial charge in [-0.15, -0.1) is 0 Å². The number of methoxy groups -OCH3 is 1. The zero-order valence-corrected chi connectivity index (χ0v) is 21.3. The molecule has 2 N–H and O–H groups in total. The lowest BCUT2D eigenvalue weighted by atomic mass is 9.70. The lowest BCUT2D eigenvalue weighted by Gasteiger charge is -2.38. The highest BCUT2D eigenvalue weighted by Crippen LogP contribution is 2.60. The number of carbonyl (C=O) groups is 3. The Hall–Kier alpha value is -2.17. The minimum atomic E-state index is -1.20. The first-order chi connectivity index (χ1) is 16.2. The number of hydrogen-bond donors (Lipinski definition) is 2. The molecule has 186 valence electrons. The number of likely N-dealkylation sites (tertiary alicyclic amines) is 1. The van der Waals surface area contributed by atoms with Crippen molar-refractivity contribution in [3.05, 3.63) is 24.3 Å². The molecule has 3 aliphatic rings. The molecule has 0 saturated carbocycles. The fourth-order valence-corrected chi connectivity index (χ4v) is 6.68. The molecule has 0 aromatic heterocycles. The number of carbonyl (C=O) groups excluding carboxylic acids is 3. The fraction of sp³-hybridized carbons (Fsp3) is 0.625. The van der Waals surface area contributed by atoms with Gasteiger partial charge >= 0.3 is 5.97 Å². The molecular formula is C24H31BrN2O7. The summed E-state index contributed by atoms with van der Waals surface area (Å²) < 4.78 is 16.9. The van der Waals surface area contributed by atoms with E-state index in [0.29, 0.717) is 17.9 Å². The van der Waals surface area contributed by atoms with E-state index in [1.807, 2.05) is 13.8 Å². The number of rotatable bonds is 8. The van der Waals surface area contributed by atoms with E-state index in [4.69, 9.17) is 14.2 Å². The average Bonchev–Trinajstić information content (AvgIpc) is 3.38. The Labute approximate surface area is 207 Å². The van der Waals surface area contributed by atoms with Crippen molar-refractivity contribution in [1.29, 1.82) is 0 Å². The fourth-order valence-electron chi connectivity index (χ4n) is 5.74. The number of aliphatic hydroxyl groups excluding tert-OH is 1. The van der Waals surface area contributed by atoms with E-state index in [2.05, 4.69) is 21.2 Å². The quantitative estimate of drug-likeness (QED) is 0.384. The first-order valence-electron chi connectivity index (χ1n) is 11.6. The number of esters is 1. The standard InChI is InChI=1S/C24H31BrN2O7/c1-5-33-23(31)17-18-22(30)27(16(11-28)12(2)3)20(24(18)10-15(25)19(17)34-24)21(29)26-13-6-8-14(32-4)9-7-13/h6-9,12,15-20,28H,5,10-11H2,1-4H3,(H,26,29)/t15?,16-,17+,18-,19+,20+,24-/m0/s1. The maximum atomic E-state index is 13.9. The van der Waals surface area contributed by atoms with Crippen molar-refractivity contribution < 1.29 is 33.7 Å². The number of hydrogen-bond acceptors (Lipinski definition) is 7. The minimum Gasteiger partial charge on any atom is -0.497 e. The van der Waals surface area contributed by atoms with Gasteiger partial charge in [0.15, 0.2) is 0 Å². The molecule has 0 radical (unpaired) electrons. The van der Waals surface area contributed by atoms with Crippen LogP contribution in [-0.2, 0) is 23.9 Å². The van der Waals surface area contributed by atoms with Gasteiger partial charge in [0.1, 0.15) is 17.4 Å². The van der Waals surface area contributed by atoms with Crippen LogP contribution in [0, 0.1) is 17.8 Å². The first-order valence-corrected chi connectivity index (χ1v) is 12.5. The van der Waals surface area contributed by atoms with Crippen LogP contribution in [-0.4, -0.2) is 76.7 Å². The molecule has 10 heteroatoms. The van der Waals surface area contributed by atoms with Crippen molar-refractivity contribution in [3.63, 3.8) is 0 Å². The third-order valence-corrected chi connectivity index (χ3v) is 8.05. The second-order valence-electron chi connectivity index (χ2n) is 9.37. The van der Waals surface area contributed by atoms with Gasteiger partial charge in [0, 0.05) is 10.5 Å². The number of benzene rings is 1. The molecule has 7 atom stereocenters. The maximum absolute atomic E-state index is 13.9. The van der Waals surface area contributed by atoms with E-state index in [1.165, 1.54) is 4.90 Å². The summed E-state index contributed by atoms with van der Waals surface area (Å²) >= 11 is 3.61. The average molecular weight is 539 g/mol. The molecule has 2 amide bonds. The zero-order chi connectivity index (χ0) is 24.8. The maximum Gasteiger partial charge on any atom is 0.312 e. The monoisotopic (exact) mass is 538 g/mol. The van der Waals surface area contributed by atoms with E-state index in [-0.39, 0.29) is 29.9 Å². The van der Waals surface area contributed by atoms with Crippen molar-refractivity contribution in [2.24, 2.45) is 17.8 Å². The number of amides is 2. The molecule has 3 heterocycles. The highest BCUT2D eigenvalue weighted by atomic mass is 79.9. The Kier molecular flexibility index (Phi) is 6.94. The number of alkyl halides is 1. The predicted octanol–water partition coefficient (Wildman–Crippen LogP) is 1.96. The second-order valence-corrected chi connectivity index (χ2v) is 10.5. The van der Waals surface area contributed by atoms with Gasteiger partial charge in [-0.25, -0.2) is 0 Å². The highest BCUT2D eigenvalue weighted by Gasteiger charge is 2.77.